The summed E-state index contributed by atoms with van der Waals surface area (Å²) in [4.78, 5) is 0. The minimum absolute atomic E-state index is 0.467. The molecule has 0 atom stereocenters. The van der Waals surface area contributed by atoms with Gasteiger partial charge >= 0.3 is 0 Å². The molecule has 9 heavy (non-hydrogen) atoms. The molecule has 0 heterocycles. The maximum absolute atomic E-state index is 9.05. The molecule has 0 aliphatic carbocycles. The van der Waals surface area contributed by atoms with Gasteiger partial charge in [-0.1, -0.05) is 0 Å². The highest BCUT2D eigenvalue weighted by Crippen LogP contribution is 2.36. The molecule has 0 saturated carbocycles. The number of hydrogen-bond donors (Lipinski definition) is 3. The largest absolute Gasteiger partial charge is 0.318 e. The number of rotatable bonds is 4. The van der Waals surface area contributed by atoms with Gasteiger partial charge in [-0.2, -0.15) is 10.6 Å². The van der Waals surface area contributed by atoms with Gasteiger partial charge < -0.3 is 5.32 Å². The smallest absolute Gasteiger partial charge is 0.0499 e. The van der Waals surface area contributed by atoms with Crippen molar-refractivity contribution < 1.29 is 9.11 Å². The highest BCUT2D eigenvalue weighted by atomic mass is 32.3. The molecule has 0 radical (unpaired) electrons. The van der Waals surface area contributed by atoms with E-state index < -0.39 is 10.6 Å². The second-order valence-electron chi connectivity index (χ2n) is 1.90. The fourth-order valence-corrected chi connectivity index (χ4v) is 1.23. The van der Waals surface area contributed by atoms with Crippen LogP contribution in [0.15, 0.2) is 0 Å². The quantitative estimate of drug-likeness (QED) is 0.564. The lowest BCUT2D eigenvalue weighted by molar-refractivity contribution is 0.487. The lowest BCUT2D eigenvalue weighted by Gasteiger charge is -2.30. The van der Waals surface area contributed by atoms with Gasteiger partial charge in [0.25, 0.3) is 0 Å². The molecule has 0 fully saturated rings. The average molecular weight is 153 g/mol. The Hall–Kier alpha value is 0.230. The van der Waals surface area contributed by atoms with E-state index in [1.807, 2.05) is 0 Å². The molecule has 0 aliphatic rings. The van der Waals surface area contributed by atoms with Crippen molar-refractivity contribution in [3.63, 3.8) is 0 Å². The SMILES string of the molecule is CCS(O)(O)CCNC. The van der Waals surface area contributed by atoms with Gasteiger partial charge in [-0.15, -0.1) is 0 Å². The predicted molar refractivity (Wildman–Crippen MR) is 42.2 cm³/mol. The van der Waals surface area contributed by atoms with Gasteiger partial charge in [-0.3, -0.25) is 9.11 Å². The summed E-state index contributed by atoms with van der Waals surface area (Å²) in [5.74, 6) is 0.939. The molecule has 0 rings (SSSR count). The van der Waals surface area contributed by atoms with Crippen LogP contribution in [0.2, 0.25) is 0 Å². The summed E-state index contributed by atoms with van der Waals surface area (Å²) in [6, 6.07) is 0. The van der Waals surface area contributed by atoms with E-state index >= 15 is 0 Å². The highest BCUT2D eigenvalue weighted by molar-refractivity contribution is 8.24. The second-order valence-corrected chi connectivity index (χ2v) is 4.49. The fourth-order valence-electron chi connectivity index (χ4n) is 0.410. The van der Waals surface area contributed by atoms with Crippen molar-refractivity contribution in [3.8, 4) is 0 Å². The van der Waals surface area contributed by atoms with Crippen LogP contribution in [0, 0.1) is 0 Å². The first-order valence-corrected chi connectivity index (χ1v) is 4.89. The van der Waals surface area contributed by atoms with Gasteiger partial charge in [0.15, 0.2) is 0 Å². The van der Waals surface area contributed by atoms with Crippen molar-refractivity contribution in [3.05, 3.63) is 0 Å². The summed E-state index contributed by atoms with van der Waals surface area (Å²) < 4.78 is 18.1. The summed E-state index contributed by atoms with van der Waals surface area (Å²) in [6.07, 6.45) is 0. The standard InChI is InChI=1S/C5H15NO2S/c1-3-9(7,8)5-4-6-2/h6-8H,3-5H2,1-2H3. The van der Waals surface area contributed by atoms with Crippen molar-refractivity contribution in [2.75, 3.05) is 25.1 Å². The van der Waals surface area contributed by atoms with E-state index in [2.05, 4.69) is 5.32 Å². The van der Waals surface area contributed by atoms with Crippen molar-refractivity contribution in [1.29, 1.82) is 0 Å². The average Bonchev–Trinajstić information content (AvgIpc) is 1.84. The van der Waals surface area contributed by atoms with E-state index in [9.17, 15) is 0 Å². The number of nitrogens with one attached hydrogen (secondary N) is 1. The summed E-state index contributed by atoms with van der Waals surface area (Å²) in [6.45, 7) is 2.46. The predicted octanol–water partition coefficient (Wildman–Crippen LogP) is 0.976. The van der Waals surface area contributed by atoms with Crippen LogP contribution < -0.4 is 5.32 Å². The Labute approximate surface area is 57.8 Å². The highest BCUT2D eigenvalue weighted by Gasteiger charge is 2.06. The van der Waals surface area contributed by atoms with Crippen LogP contribution >= 0.6 is 10.6 Å². The summed E-state index contributed by atoms with van der Waals surface area (Å²) in [7, 11) is -0.447. The zero-order valence-electron chi connectivity index (χ0n) is 5.92. The van der Waals surface area contributed by atoms with E-state index in [1.54, 1.807) is 14.0 Å². The third-order valence-electron chi connectivity index (χ3n) is 1.14. The van der Waals surface area contributed by atoms with Crippen LogP contribution in [-0.4, -0.2) is 34.2 Å². The van der Waals surface area contributed by atoms with E-state index in [-0.39, 0.29) is 0 Å². The van der Waals surface area contributed by atoms with Crippen molar-refractivity contribution in [2.24, 2.45) is 0 Å². The molecular formula is C5H15NO2S. The summed E-state index contributed by atoms with van der Waals surface area (Å²) >= 11 is 0. The monoisotopic (exact) mass is 153 g/mol. The maximum Gasteiger partial charge on any atom is 0.0499 e. The Morgan fingerprint density at radius 2 is 2.00 bits per heavy atom. The summed E-state index contributed by atoms with van der Waals surface area (Å²) in [5, 5.41) is 2.86. The van der Waals surface area contributed by atoms with Gasteiger partial charge in [0.1, 0.15) is 0 Å². The van der Waals surface area contributed by atoms with Gasteiger partial charge in [-0.25, -0.2) is 0 Å². The van der Waals surface area contributed by atoms with Gasteiger partial charge in [-0.05, 0) is 14.0 Å². The van der Waals surface area contributed by atoms with E-state index in [0.29, 0.717) is 18.1 Å². The molecule has 0 spiro atoms. The second kappa shape index (κ2) is 4.11. The number of hydrogen-bond acceptors (Lipinski definition) is 3. The molecule has 4 heteroatoms. The normalized spacial score (nSPS) is 13.8. The lowest BCUT2D eigenvalue weighted by Crippen LogP contribution is -2.17. The van der Waals surface area contributed by atoms with Crippen molar-refractivity contribution in [2.45, 2.75) is 6.92 Å². The van der Waals surface area contributed by atoms with E-state index in [1.165, 1.54) is 0 Å². The third-order valence-corrected chi connectivity index (χ3v) is 2.92. The minimum Gasteiger partial charge on any atom is -0.318 e. The fraction of sp³-hybridized carbons (Fsp3) is 1.00. The summed E-state index contributed by atoms with van der Waals surface area (Å²) in [5.41, 5.74) is 0. The van der Waals surface area contributed by atoms with Gasteiger partial charge in [0.2, 0.25) is 0 Å². The van der Waals surface area contributed by atoms with Crippen LogP contribution in [-0.2, 0) is 0 Å². The van der Waals surface area contributed by atoms with Crippen molar-refractivity contribution >= 4 is 10.6 Å². The molecule has 0 aromatic heterocycles. The Morgan fingerprint density at radius 3 is 2.33 bits per heavy atom. The molecule has 0 amide bonds. The Bertz CT molecular complexity index is 77.4. The molecule has 0 aromatic carbocycles. The van der Waals surface area contributed by atoms with Gasteiger partial charge in [0, 0.05) is 18.1 Å². The topological polar surface area (TPSA) is 52.5 Å². The zero-order chi connectivity index (χ0) is 7.33. The minimum atomic E-state index is -2.24. The third kappa shape index (κ3) is 4.72. The van der Waals surface area contributed by atoms with E-state index in [0.717, 1.165) is 0 Å². The van der Waals surface area contributed by atoms with E-state index in [4.69, 9.17) is 9.11 Å². The molecule has 0 unspecified atom stereocenters. The Morgan fingerprint density at radius 1 is 1.44 bits per heavy atom. The maximum atomic E-state index is 9.05. The first kappa shape index (κ1) is 9.23. The van der Waals surface area contributed by atoms with Crippen LogP contribution in [0.5, 0.6) is 0 Å². The molecule has 0 saturated heterocycles. The van der Waals surface area contributed by atoms with Crippen LogP contribution in [0.25, 0.3) is 0 Å². The van der Waals surface area contributed by atoms with Gasteiger partial charge in [0.05, 0.1) is 0 Å². The Kier molecular flexibility index (Phi) is 4.22. The first-order chi connectivity index (χ1) is 4.12. The molecule has 58 valence electrons. The first-order valence-electron chi connectivity index (χ1n) is 3.00. The Balaban J connectivity index is 3.33. The molecular weight excluding hydrogens is 138 g/mol. The molecule has 3 N–H and O–H groups in total. The molecule has 0 bridgehead atoms. The van der Waals surface area contributed by atoms with Crippen LogP contribution in [0.4, 0.5) is 0 Å². The molecule has 3 nitrogen and oxygen atoms in total. The molecule has 0 aliphatic heterocycles. The van der Waals surface area contributed by atoms with Crippen LogP contribution in [0.3, 0.4) is 0 Å². The zero-order valence-corrected chi connectivity index (χ0v) is 6.74. The lowest BCUT2D eigenvalue weighted by atomic mass is 10.8. The molecule has 0 aromatic rings. The van der Waals surface area contributed by atoms with Crippen LogP contribution in [0.1, 0.15) is 6.92 Å². The van der Waals surface area contributed by atoms with Crippen molar-refractivity contribution in [1.82, 2.24) is 5.32 Å².